The van der Waals surface area contributed by atoms with Crippen LogP contribution < -0.4 is 10.2 Å². The van der Waals surface area contributed by atoms with Crippen LogP contribution >= 0.6 is 0 Å². The largest absolute Gasteiger partial charge is 0.481 e. The van der Waals surface area contributed by atoms with E-state index in [0.29, 0.717) is 6.54 Å². The maximum Gasteiger partial charge on any atom is 0.305 e. The number of nitrogens with zero attached hydrogens (tertiary/aromatic N) is 1. The summed E-state index contributed by atoms with van der Waals surface area (Å²) < 4.78 is 0. The average Bonchev–Trinajstić information content (AvgIpc) is 2.49. The van der Waals surface area contributed by atoms with Crippen LogP contribution in [0.15, 0.2) is 30.3 Å². The zero-order valence-electron chi connectivity index (χ0n) is 11.4. The number of carbonyl (C=O) groups is 2. The van der Waals surface area contributed by atoms with Gasteiger partial charge in [0.05, 0.1) is 12.3 Å². The topological polar surface area (TPSA) is 69.6 Å². The van der Waals surface area contributed by atoms with Gasteiger partial charge in [0.15, 0.2) is 0 Å². The van der Waals surface area contributed by atoms with Crippen molar-refractivity contribution in [3.05, 3.63) is 30.3 Å². The van der Waals surface area contributed by atoms with Gasteiger partial charge in [-0.05, 0) is 31.5 Å². The molecule has 1 aliphatic heterocycles. The molecule has 1 aromatic carbocycles. The second kappa shape index (κ2) is 7.05. The minimum absolute atomic E-state index is 0.0182. The van der Waals surface area contributed by atoms with Gasteiger partial charge in [-0.15, -0.1) is 0 Å². The number of para-hydroxylation sites is 1. The summed E-state index contributed by atoms with van der Waals surface area (Å²) in [5.74, 6) is -0.928. The zero-order chi connectivity index (χ0) is 14.4. The van der Waals surface area contributed by atoms with E-state index in [2.05, 4.69) is 5.32 Å². The number of hydrogen-bond donors (Lipinski definition) is 2. The molecule has 0 spiro atoms. The second-order valence-corrected chi connectivity index (χ2v) is 5.01. The first kappa shape index (κ1) is 14.5. The van der Waals surface area contributed by atoms with E-state index in [1.807, 2.05) is 30.3 Å². The highest BCUT2D eigenvalue weighted by atomic mass is 16.4. The van der Waals surface area contributed by atoms with Crippen LogP contribution in [0, 0.1) is 5.92 Å². The van der Waals surface area contributed by atoms with Gasteiger partial charge in [-0.3, -0.25) is 9.59 Å². The standard InChI is InChI=1S/C15H20N2O3/c18-14(19)8-10-17(13-6-2-1-3-7-13)15(20)12-5-4-9-16-11-12/h1-3,6-7,12,16H,4-5,8-11H2,(H,18,19)/t12-/m0/s1. The highest BCUT2D eigenvalue weighted by Gasteiger charge is 2.27. The molecule has 1 atom stereocenters. The molecule has 20 heavy (non-hydrogen) atoms. The minimum Gasteiger partial charge on any atom is -0.481 e. The van der Waals surface area contributed by atoms with Gasteiger partial charge in [-0.1, -0.05) is 18.2 Å². The number of amides is 1. The summed E-state index contributed by atoms with van der Waals surface area (Å²) in [6.07, 6.45) is 1.81. The minimum atomic E-state index is -0.888. The highest BCUT2D eigenvalue weighted by molar-refractivity contribution is 5.95. The number of nitrogens with one attached hydrogen (secondary N) is 1. The number of carboxylic acid groups (broad SMARTS) is 1. The lowest BCUT2D eigenvalue weighted by Crippen LogP contribution is -2.44. The highest BCUT2D eigenvalue weighted by Crippen LogP contribution is 2.20. The Bertz CT molecular complexity index is 455. The smallest absolute Gasteiger partial charge is 0.305 e. The van der Waals surface area contributed by atoms with Crippen molar-refractivity contribution in [2.45, 2.75) is 19.3 Å². The molecular formula is C15H20N2O3. The number of benzene rings is 1. The number of hydrogen-bond acceptors (Lipinski definition) is 3. The number of aliphatic carboxylic acids is 1. The van der Waals surface area contributed by atoms with Crippen molar-refractivity contribution in [3.8, 4) is 0 Å². The van der Waals surface area contributed by atoms with Crippen molar-refractivity contribution >= 4 is 17.6 Å². The van der Waals surface area contributed by atoms with Crippen molar-refractivity contribution in [3.63, 3.8) is 0 Å². The number of carboxylic acids is 1. The molecule has 1 heterocycles. The Morgan fingerprint density at radius 2 is 2.05 bits per heavy atom. The Labute approximate surface area is 118 Å². The summed E-state index contributed by atoms with van der Waals surface area (Å²) in [5.41, 5.74) is 0.768. The molecule has 0 bridgehead atoms. The molecule has 1 fully saturated rings. The number of anilines is 1. The predicted molar refractivity (Wildman–Crippen MR) is 76.6 cm³/mol. The van der Waals surface area contributed by atoms with E-state index in [1.165, 1.54) is 0 Å². The summed E-state index contributed by atoms with van der Waals surface area (Å²) in [6, 6.07) is 9.28. The van der Waals surface area contributed by atoms with E-state index in [4.69, 9.17) is 5.11 Å². The molecule has 0 saturated carbocycles. The van der Waals surface area contributed by atoms with Gasteiger partial charge in [-0.25, -0.2) is 0 Å². The van der Waals surface area contributed by atoms with Crippen LogP contribution in [0.2, 0.25) is 0 Å². The Kier molecular flexibility index (Phi) is 5.12. The SMILES string of the molecule is O=C(O)CCN(C(=O)[C@H]1CCCNC1)c1ccccc1. The third kappa shape index (κ3) is 3.81. The first-order chi connectivity index (χ1) is 9.68. The Morgan fingerprint density at radius 1 is 1.30 bits per heavy atom. The Hall–Kier alpha value is -1.88. The number of carbonyl (C=O) groups excluding carboxylic acids is 1. The van der Waals surface area contributed by atoms with Crippen molar-refractivity contribution in [2.24, 2.45) is 5.92 Å². The van der Waals surface area contributed by atoms with Crippen molar-refractivity contribution in [1.82, 2.24) is 5.32 Å². The van der Waals surface area contributed by atoms with Crippen LogP contribution in [0.3, 0.4) is 0 Å². The van der Waals surface area contributed by atoms with E-state index in [1.54, 1.807) is 4.90 Å². The van der Waals surface area contributed by atoms with Crippen LogP contribution in [-0.2, 0) is 9.59 Å². The van der Waals surface area contributed by atoms with E-state index >= 15 is 0 Å². The van der Waals surface area contributed by atoms with Gasteiger partial charge in [0.2, 0.25) is 5.91 Å². The van der Waals surface area contributed by atoms with E-state index < -0.39 is 5.97 Å². The van der Waals surface area contributed by atoms with Gasteiger partial charge in [0.1, 0.15) is 0 Å². The first-order valence-corrected chi connectivity index (χ1v) is 6.97. The molecule has 1 aromatic rings. The average molecular weight is 276 g/mol. The van der Waals surface area contributed by atoms with Gasteiger partial charge >= 0.3 is 5.97 Å². The maximum absolute atomic E-state index is 12.6. The second-order valence-electron chi connectivity index (χ2n) is 5.01. The van der Waals surface area contributed by atoms with Crippen LogP contribution in [0.1, 0.15) is 19.3 Å². The molecule has 1 saturated heterocycles. The van der Waals surface area contributed by atoms with Crippen molar-refractivity contribution in [2.75, 3.05) is 24.5 Å². The Morgan fingerprint density at radius 3 is 2.65 bits per heavy atom. The molecule has 0 aromatic heterocycles. The third-order valence-corrected chi connectivity index (χ3v) is 3.53. The number of piperidine rings is 1. The molecule has 0 aliphatic carbocycles. The van der Waals surface area contributed by atoms with Crippen molar-refractivity contribution < 1.29 is 14.7 Å². The lowest BCUT2D eigenvalue weighted by atomic mass is 9.97. The summed E-state index contributed by atoms with van der Waals surface area (Å²) in [5, 5.41) is 12.1. The summed E-state index contributed by atoms with van der Waals surface area (Å²) >= 11 is 0. The molecule has 1 aliphatic rings. The zero-order valence-corrected chi connectivity index (χ0v) is 11.4. The van der Waals surface area contributed by atoms with Gasteiger partial charge in [0, 0.05) is 18.8 Å². The van der Waals surface area contributed by atoms with Gasteiger partial charge in [0.25, 0.3) is 0 Å². The lowest BCUT2D eigenvalue weighted by molar-refractivity contribution is -0.136. The normalized spacial score (nSPS) is 18.5. The monoisotopic (exact) mass is 276 g/mol. The predicted octanol–water partition coefficient (Wildman–Crippen LogP) is 1.49. The van der Waals surface area contributed by atoms with Gasteiger partial charge < -0.3 is 15.3 Å². The van der Waals surface area contributed by atoms with Crippen LogP contribution in [0.25, 0.3) is 0 Å². The Balaban J connectivity index is 2.12. The van der Waals surface area contributed by atoms with Crippen molar-refractivity contribution in [1.29, 1.82) is 0 Å². The van der Waals surface area contributed by atoms with Crippen LogP contribution in [0.4, 0.5) is 5.69 Å². The van der Waals surface area contributed by atoms with Crippen LogP contribution in [0.5, 0.6) is 0 Å². The fourth-order valence-electron chi connectivity index (χ4n) is 2.46. The fourth-order valence-corrected chi connectivity index (χ4v) is 2.46. The number of rotatable bonds is 5. The van der Waals surface area contributed by atoms with E-state index in [-0.39, 0.29) is 24.8 Å². The molecular weight excluding hydrogens is 256 g/mol. The maximum atomic E-state index is 12.6. The molecule has 1 amide bonds. The quantitative estimate of drug-likeness (QED) is 0.855. The van der Waals surface area contributed by atoms with Crippen LogP contribution in [-0.4, -0.2) is 36.6 Å². The summed E-state index contributed by atoms with van der Waals surface area (Å²) in [4.78, 5) is 25.0. The molecule has 2 N–H and O–H groups in total. The molecule has 5 heteroatoms. The molecule has 2 rings (SSSR count). The lowest BCUT2D eigenvalue weighted by Gasteiger charge is -2.29. The van der Waals surface area contributed by atoms with Gasteiger partial charge in [-0.2, -0.15) is 0 Å². The molecule has 0 unspecified atom stereocenters. The first-order valence-electron chi connectivity index (χ1n) is 6.97. The summed E-state index contributed by atoms with van der Waals surface area (Å²) in [6.45, 7) is 1.84. The fraction of sp³-hybridized carbons (Fsp3) is 0.467. The van der Waals surface area contributed by atoms with E-state index in [9.17, 15) is 9.59 Å². The molecule has 0 radical (unpaired) electrons. The van der Waals surface area contributed by atoms with E-state index in [0.717, 1.165) is 25.1 Å². The molecule has 5 nitrogen and oxygen atoms in total. The summed E-state index contributed by atoms with van der Waals surface area (Å²) in [7, 11) is 0. The molecule has 108 valence electrons. The third-order valence-electron chi connectivity index (χ3n) is 3.53.